The summed E-state index contributed by atoms with van der Waals surface area (Å²) in [6.45, 7) is 0. The molecule has 0 saturated carbocycles. The number of carboxylic acid groups (broad SMARTS) is 1. The van der Waals surface area contributed by atoms with Gasteiger partial charge in [0.15, 0.2) is 0 Å². The second-order valence-electron chi connectivity index (χ2n) is 6.34. The monoisotopic (exact) mass is 465 g/mol. The number of halogens is 2. The molecule has 2 N–H and O–H groups in total. The summed E-state index contributed by atoms with van der Waals surface area (Å²) >= 11 is 12.3. The third kappa shape index (κ3) is 4.94. The van der Waals surface area contributed by atoms with Gasteiger partial charge in [-0.05, 0) is 47.5 Å². The van der Waals surface area contributed by atoms with Crippen molar-refractivity contribution >= 4 is 39.2 Å². The Morgan fingerprint density at radius 3 is 2.17 bits per heavy atom. The fourth-order valence-corrected chi connectivity index (χ4v) is 4.90. The lowest BCUT2D eigenvalue weighted by Crippen LogP contribution is -2.30. The Hall–Kier alpha value is -2.58. The van der Waals surface area contributed by atoms with Gasteiger partial charge in [0, 0.05) is 10.0 Å². The second kappa shape index (κ2) is 9.06. The molecule has 0 heterocycles. The van der Waals surface area contributed by atoms with E-state index >= 15 is 0 Å². The number of carboxylic acids is 1. The van der Waals surface area contributed by atoms with E-state index in [1.54, 1.807) is 48.5 Å². The number of ether oxygens (including phenoxy) is 1. The van der Waals surface area contributed by atoms with Crippen LogP contribution in [0.2, 0.25) is 10.0 Å². The standard InChI is InChI=1S/C21H17Cl2NO5S/c1-29-18-8-7-14(21(25)26)11-19(18)30(27,28)24-20(13-5-3-2-4-6-13)15-9-16(22)12-17(23)10-15/h2-12,20,24H,1H3,(H,25,26). The molecule has 0 spiro atoms. The smallest absolute Gasteiger partial charge is 0.335 e. The van der Waals surface area contributed by atoms with Crippen molar-refractivity contribution in [1.82, 2.24) is 4.72 Å². The van der Waals surface area contributed by atoms with Gasteiger partial charge in [-0.15, -0.1) is 0 Å². The van der Waals surface area contributed by atoms with Crippen LogP contribution in [-0.4, -0.2) is 26.6 Å². The van der Waals surface area contributed by atoms with Crippen molar-refractivity contribution in [2.45, 2.75) is 10.9 Å². The Morgan fingerprint density at radius 1 is 0.967 bits per heavy atom. The number of hydrogen-bond donors (Lipinski definition) is 2. The summed E-state index contributed by atoms with van der Waals surface area (Å²) in [6.07, 6.45) is 0. The molecule has 0 saturated heterocycles. The lowest BCUT2D eigenvalue weighted by molar-refractivity contribution is 0.0696. The number of rotatable bonds is 7. The Morgan fingerprint density at radius 2 is 1.60 bits per heavy atom. The third-order valence-electron chi connectivity index (χ3n) is 4.32. The fraction of sp³-hybridized carbons (Fsp3) is 0.0952. The molecule has 0 aliphatic heterocycles. The van der Waals surface area contributed by atoms with Gasteiger partial charge in [-0.25, -0.2) is 13.2 Å². The van der Waals surface area contributed by atoms with Gasteiger partial charge < -0.3 is 9.84 Å². The number of benzene rings is 3. The first-order chi connectivity index (χ1) is 14.2. The Balaban J connectivity index is 2.13. The highest BCUT2D eigenvalue weighted by Gasteiger charge is 2.27. The number of carbonyl (C=O) groups is 1. The predicted molar refractivity (Wildman–Crippen MR) is 115 cm³/mol. The number of hydrogen-bond acceptors (Lipinski definition) is 4. The first-order valence-electron chi connectivity index (χ1n) is 8.66. The molecule has 1 atom stereocenters. The van der Waals surface area contributed by atoms with Crippen LogP contribution >= 0.6 is 23.2 Å². The molecule has 3 aromatic rings. The average Bonchev–Trinajstić information content (AvgIpc) is 2.71. The van der Waals surface area contributed by atoms with E-state index in [2.05, 4.69) is 4.72 Å². The zero-order valence-electron chi connectivity index (χ0n) is 15.7. The van der Waals surface area contributed by atoms with Gasteiger partial charge in [0.25, 0.3) is 0 Å². The molecular formula is C21H17Cl2NO5S. The van der Waals surface area contributed by atoms with E-state index in [0.717, 1.165) is 6.07 Å². The summed E-state index contributed by atoms with van der Waals surface area (Å²) in [7, 11) is -2.90. The van der Waals surface area contributed by atoms with Crippen molar-refractivity contribution in [2.24, 2.45) is 0 Å². The predicted octanol–water partition coefficient (Wildman–Crippen LogP) is 4.77. The quantitative estimate of drug-likeness (QED) is 0.524. The minimum absolute atomic E-state index is 0.0171. The lowest BCUT2D eigenvalue weighted by Gasteiger charge is -2.21. The topological polar surface area (TPSA) is 92.7 Å². The van der Waals surface area contributed by atoms with Crippen molar-refractivity contribution in [3.63, 3.8) is 0 Å². The Labute approximate surface area is 184 Å². The van der Waals surface area contributed by atoms with Crippen LogP contribution in [0.25, 0.3) is 0 Å². The minimum atomic E-state index is -4.20. The fourth-order valence-electron chi connectivity index (χ4n) is 2.95. The number of aromatic carboxylic acids is 1. The van der Waals surface area contributed by atoms with Gasteiger partial charge in [0.1, 0.15) is 10.6 Å². The summed E-state index contributed by atoms with van der Waals surface area (Å²) < 4.78 is 34.3. The van der Waals surface area contributed by atoms with Gasteiger partial charge in [-0.2, -0.15) is 4.72 Å². The maximum absolute atomic E-state index is 13.3. The molecule has 1 unspecified atom stereocenters. The van der Waals surface area contributed by atoms with Crippen LogP contribution in [0, 0.1) is 0 Å². The van der Waals surface area contributed by atoms with E-state index in [1.165, 1.54) is 19.2 Å². The highest BCUT2D eigenvalue weighted by Crippen LogP contribution is 2.31. The Kier molecular flexibility index (Phi) is 6.67. The highest BCUT2D eigenvalue weighted by molar-refractivity contribution is 7.89. The zero-order chi connectivity index (χ0) is 21.9. The zero-order valence-corrected chi connectivity index (χ0v) is 18.0. The van der Waals surface area contributed by atoms with E-state index in [9.17, 15) is 18.3 Å². The SMILES string of the molecule is COc1ccc(C(=O)O)cc1S(=O)(=O)NC(c1ccccc1)c1cc(Cl)cc(Cl)c1. The molecule has 9 heteroatoms. The number of methoxy groups -OCH3 is 1. The summed E-state index contributed by atoms with van der Waals surface area (Å²) in [5.41, 5.74) is 0.988. The van der Waals surface area contributed by atoms with Crippen LogP contribution in [0.5, 0.6) is 5.75 Å². The lowest BCUT2D eigenvalue weighted by atomic mass is 10.00. The van der Waals surface area contributed by atoms with Gasteiger partial charge in [0.2, 0.25) is 10.0 Å². The molecule has 3 rings (SSSR count). The first-order valence-corrected chi connectivity index (χ1v) is 10.9. The molecule has 0 bridgehead atoms. The van der Waals surface area contributed by atoms with Crippen LogP contribution in [0.4, 0.5) is 0 Å². The maximum atomic E-state index is 13.3. The molecule has 0 radical (unpaired) electrons. The van der Waals surface area contributed by atoms with Crippen molar-refractivity contribution < 1.29 is 23.1 Å². The van der Waals surface area contributed by atoms with Gasteiger partial charge in [-0.3, -0.25) is 0 Å². The minimum Gasteiger partial charge on any atom is -0.495 e. The third-order valence-corrected chi connectivity index (χ3v) is 6.20. The molecule has 30 heavy (non-hydrogen) atoms. The summed E-state index contributed by atoms with van der Waals surface area (Å²) in [5.74, 6) is -1.24. The van der Waals surface area contributed by atoms with Crippen LogP contribution in [0.3, 0.4) is 0 Å². The highest BCUT2D eigenvalue weighted by atomic mass is 35.5. The average molecular weight is 466 g/mol. The first kappa shape index (κ1) is 22.1. The molecule has 0 amide bonds. The van der Waals surface area contributed by atoms with E-state index in [4.69, 9.17) is 27.9 Å². The summed E-state index contributed by atoms with van der Waals surface area (Å²) in [4.78, 5) is 11.0. The van der Waals surface area contributed by atoms with E-state index < -0.39 is 22.0 Å². The molecule has 0 aliphatic carbocycles. The van der Waals surface area contributed by atoms with Crippen LogP contribution < -0.4 is 9.46 Å². The second-order valence-corrected chi connectivity index (χ2v) is 8.89. The number of nitrogens with one attached hydrogen (secondary N) is 1. The van der Waals surface area contributed by atoms with Gasteiger partial charge >= 0.3 is 5.97 Å². The normalized spacial score (nSPS) is 12.4. The molecule has 3 aromatic carbocycles. The molecule has 0 aromatic heterocycles. The summed E-state index contributed by atoms with van der Waals surface area (Å²) in [6, 6.07) is 16.4. The molecular weight excluding hydrogens is 449 g/mol. The van der Waals surface area contributed by atoms with E-state index in [0.29, 0.717) is 21.2 Å². The molecule has 156 valence electrons. The van der Waals surface area contributed by atoms with Gasteiger partial charge in [-0.1, -0.05) is 53.5 Å². The van der Waals surface area contributed by atoms with Crippen LogP contribution in [0.1, 0.15) is 27.5 Å². The van der Waals surface area contributed by atoms with Crippen molar-refractivity contribution in [2.75, 3.05) is 7.11 Å². The van der Waals surface area contributed by atoms with Crippen molar-refractivity contribution in [3.8, 4) is 5.75 Å². The van der Waals surface area contributed by atoms with Crippen LogP contribution in [-0.2, 0) is 10.0 Å². The number of sulfonamides is 1. The van der Waals surface area contributed by atoms with Crippen LogP contribution in [0.15, 0.2) is 71.6 Å². The Bertz CT molecular complexity index is 1160. The molecule has 0 fully saturated rings. The van der Waals surface area contributed by atoms with E-state index in [-0.39, 0.29) is 16.2 Å². The summed E-state index contributed by atoms with van der Waals surface area (Å²) in [5, 5.41) is 9.95. The molecule has 0 aliphatic rings. The largest absolute Gasteiger partial charge is 0.495 e. The van der Waals surface area contributed by atoms with Crippen molar-refractivity contribution in [1.29, 1.82) is 0 Å². The van der Waals surface area contributed by atoms with Crippen molar-refractivity contribution in [3.05, 3.63) is 93.5 Å². The maximum Gasteiger partial charge on any atom is 0.335 e. The molecule has 6 nitrogen and oxygen atoms in total. The van der Waals surface area contributed by atoms with E-state index in [1.807, 2.05) is 0 Å². The van der Waals surface area contributed by atoms with Gasteiger partial charge in [0.05, 0.1) is 18.7 Å².